The molecule has 1 amide bonds. The number of hydrogen-bond acceptors (Lipinski definition) is 3. The summed E-state index contributed by atoms with van der Waals surface area (Å²) in [6, 6.07) is 0.109. The molecule has 1 unspecified atom stereocenters. The normalized spacial score (nSPS) is 12.8. The van der Waals surface area contributed by atoms with E-state index in [1.165, 1.54) is 6.20 Å². The van der Waals surface area contributed by atoms with Crippen LogP contribution in [0.15, 0.2) is 12.4 Å². The molecule has 0 aliphatic rings. The van der Waals surface area contributed by atoms with Crippen LogP contribution in [0.2, 0.25) is 0 Å². The van der Waals surface area contributed by atoms with Crippen LogP contribution in [-0.2, 0) is 4.74 Å². The number of nitrogens with two attached hydrogens (primary N) is 1. The molecule has 1 aromatic heterocycles. The number of carbonyl (C=O) groups excluding carboxylic acids is 1. The van der Waals surface area contributed by atoms with Crippen molar-refractivity contribution in [2.75, 3.05) is 13.7 Å². The van der Waals surface area contributed by atoms with Gasteiger partial charge in [0.15, 0.2) is 0 Å². The summed E-state index contributed by atoms with van der Waals surface area (Å²) in [5.74, 6) is -0.462. The Morgan fingerprint density at radius 1 is 1.85 bits per heavy atom. The zero-order valence-corrected chi connectivity index (χ0v) is 7.73. The maximum atomic E-state index is 10.7. The predicted octanol–water partition coefficient (Wildman–Crippen LogP) is 0.189. The van der Waals surface area contributed by atoms with Crippen molar-refractivity contribution in [3.63, 3.8) is 0 Å². The lowest BCUT2D eigenvalue weighted by molar-refractivity contribution is 0.1000. The Kier molecular flexibility index (Phi) is 3.02. The highest BCUT2D eigenvalue weighted by Crippen LogP contribution is 2.05. The topological polar surface area (TPSA) is 70.1 Å². The fourth-order valence-electron chi connectivity index (χ4n) is 1.02. The predicted molar refractivity (Wildman–Crippen MR) is 47.3 cm³/mol. The van der Waals surface area contributed by atoms with E-state index in [1.54, 1.807) is 18.0 Å². The maximum absolute atomic E-state index is 10.7. The molecular formula is C8H13N3O2. The molecule has 2 N–H and O–H groups in total. The molecule has 0 aliphatic carbocycles. The van der Waals surface area contributed by atoms with Crippen LogP contribution in [0, 0.1) is 0 Å². The Labute approximate surface area is 76.5 Å². The van der Waals surface area contributed by atoms with Crippen LogP contribution in [0.4, 0.5) is 0 Å². The van der Waals surface area contributed by atoms with Gasteiger partial charge < -0.3 is 10.5 Å². The van der Waals surface area contributed by atoms with E-state index < -0.39 is 5.91 Å². The number of primary amides is 1. The van der Waals surface area contributed by atoms with E-state index in [2.05, 4.69) is 5.10 Å². The van der Waals surface area contributed by atoms with Gasteiger partial charge in [0.1, 0.15) is 0 Å². The minimum absolute atomic E-state index is 0.109. The number of amides is 1. The molecule has 5 nitrogen and oxygen atoms in total. The van der Waals surface area contributed by atoms with Gasteiger partial charge in [-0.2, -0.15) is 5.10 Å². The van der Waals surface area contributed by atoms with E-state index in [0.717, 1.165) is 0 Å². The first-order valence-electron chi connectivity index (χ1n) is 3.98. The van der Waals surface area contributed by atoms with Crippen LogP contribution in [0.25, 0.3) is 0 Å². The molecule has 1 atom stereocenters. The number of nitrogens with zero attached hydrogens (tertiary/aromatic N) is 2. The average molecular weight is 183 g/mol. The van der Waals surface area contributed by atoms with E-state index in [9.17, 15) is 4.79 Å². The van der Waals surface area contributed by atoms with Gasteiger partial charge in [-0.15, -0.1) is 0 Å². The molecule has 0 aromatic carbocycles. The molecule has 0 aliphatic heterocycles. The minimum Gasteiger partial charge on any atom is -0.382 e. The minimum atomic E-state index is -0.462. The van der Waals surface area contributed by atoms with Crippen molar-refractivity contribution in [3.8, 4) is 0 Å². The highest BCUT2D eigenvalue weighted by Gasteiger charge is 2.08. The number of aromatic nitrogens is 2. The van der Waals surface area contributed by atoms with Crippen molar-refractivity contribution in [3.05, 3.63) is 18.0 Å². The van der Waals surface area contributed by atoms with Gasteiger partial charge in [-0.05, 0) is 6.92 Å². The van der Waals surface area contributed by atoms with Gasteiger partial charge in [-0.25, -0.2) is 0 Å². The molecule has 0 bridgehead atoms. The summed E-state index contributed by atoms with van der Waals surface area (Å²) in [4.78, 5) is 10.7. The smallest absolute Gasteiger partial charge is 0.251 e. The Bertz CT molecular complexity index is 295. The summed E-state index contributed by atoms with van der Waals surface area (Å²) in [7, 11) is 1.62. The van der Waals surface area contributed by atoms with Gasteiger partial charge in [0.05, 0.1) is 24.4 Å². The van der Waals surface area contributed by atoms with Crippen LogP contribution in [0.3, 0.4) is 0 Å². The van der Waals surface area contributed by atoms with Crippen LogP contribution in [-0.4, -0.2) is 29.4 Å². The van der Waals surface area contributed by atoms with E-state index >= 15 is 0 Å². The van der Waals surface area contributed by atoms with Crippen LogP contribution >= 0.6 is 0 Å². The fraction of sp³-hybridized carbons (Fsp3) is 0.500. The standard InChI is InChI=1S/C8H13N3O2/c1-6(5-13-2)11-4-7(3-10-11)8(9)12/h3-4,6H,5H2,1-2H3,(H2,9,12). The highest BCUT2D eigenvalue weighted by molar-refractivity contribution is 5.92. The number of carbonyl (C=O) groups is 1. The lowest BCUT2D eigenvalue weighted by Gasteiger charge is -2.09. The molecule has 13 heavy (non-hydrogen) atoms. The largest absolute Gasteiger partial charge is 0.382 e. The zero-order chi connectivity index (χ0) is 9.84. The summed E-state index contributed by atoms with van der Waals surface area (Å²) >= 11 is 0. The van der Waals surface area contributed by atoms with E-state index in [-0.39, 0.29) is 6.04 Å². The molecule has 1 aromatic rings. The second kappa shape index (κ2) is 4.04. The van der Waals surface area contributed by atoms with Gasteiger partial charge in [-0.3, -0.25) is 9.48 Å². The van der Waals surface area contributed by atoms with Gasteiger partial charge in [0.25, 0.3) is 5.91 Å². The lowest BCUT2D eigenvalue weighted by atomic mass is 10.3. The molecule has 0 fully saturated rings. The first-order valence-corrected chi connectivity index (χ1v) is 3.98. The third-order valence-electron chi connectivity index (χ3n) is 1.75. The second-order valence-corrected chi connectivity index (χ2v) is 2.88. The zero-order valence-electron chi connectivity index (χ0n) is 7.73. The van der Waals surface area contributed by atoms with Crippen molar-refractivity contribution < 1.29 is 9.53 Å². The van der Waals surface area contributed by atoms with Gasteiger partial charge >= 0.3 is 0 Å². The van der Waals surface area contributed by atoms with Crippen molar-refractivity contribution in [1.29, 1.82) is 0 Å². The van der Waals surface area contributed by atoms with Crippen LogP contribution in [0.5, 0.6) is 0 Å². The second-order valence-electron chi connectivity index (χ2n) is 2.88. The molecule has 0 radical (unpaired) electrons. The van der Waals surface area contributed by atoms with E-state index in [4.69, 9.17) is 10.5 Å². The summed E-state index contributed by atoms with van der Waals surface area (Å²) in [6.45, 7) is 2.50. The summed E-state index contributed by atoms with van der Waals surface area (Å²) in [5.41, 5.74) is 5.50. The fourth-order valence-corrected chi connectivity index (χ4v) is 1.02. The molecule has 72 valence electrons. The van der Waals surface area contributed by atoms with Gasteiger partial charge in [0, 0.05) is 13.3 Å². The van der Waals surface area contributed by atoms with Crippen molar-refractivity contribution in [2.24, 2.45) is 5.73 Å². The highest BCUT2D eigenvalue weighted by atomic mass is 16.5. The Hall–Kier alpha value is -1.36. The molecule has 1 heterocycles. The van der Waals surface area contributed by atoms with E-state index in [1.807, 2.05) is 6.92 Å². The third kappa shape index (κ3) is 2.29. The van der Waals surface area contributed by atoms with Crippen LogP contribution in [0.1, 0.15) is 23.3 Å². The van der Waals surface area contributed by atoms with Crippen molar-refractivity contribution >= 4 is 5.91 Å². The Morgan fingerprint density at radius 3 is 3.00 bits per heavy atom. The number of hydrogen-bond donors (Lipinski definition) is 1. The summed E-state index contributed by atoms with van der Waals surface area (Å²) < 4.78 is 6.61. The van der Waals surface area contributed by atoms with Crippen LogP contribution < -0.4 is 5.73 Å². The SMILES string of the molecule is COCC(C)n1cc(C(N)=O)cn1. The first-order chi connectivity index (χ1) is 6.15. The van der Waals surface area contributed by atoms with Gasteiger partial charge in [-0.1, -0.05) is 0 Å². The Morgan fingerprint density at radius 2 is 2.54 bits per heavy atom. The molecule has 0 saturated heterocycles. The maximum Gasteiger partial charge on any atom is 0.251 e. The van der Waals surface area contributed by atoms with Gasteiger partial charge in [0.2, 0.25) is 0 Å². The monoisotopic (exact) mass is 183 g/mol. The Balaban J connectivity index is 2.73. The first kappa shape index (κ1) is 9.73. The molecule has 5 heteroatoms. The third-order valence-corrected chi connectivity index (χ3v) is 1.75. The summed E-state index contributed by atoms with van der Waals surface area (Å²) in [5, 5.41) is 3.99. The molecule has 0 spiro atoms. The molecular weight excluding hydrogens is 170 g/mol. The lowest BCUT2D eigenvalue weighted by Crippen LogP contribution is -2.12. The average Bonchev–Trinajstić information content (AvgIpc) is 2.52. The molecule has 1 rings (SSSR count). The van der Waals surface area contributed by atoms with Crippen molar-refractivity contribution in [2.45, 2.75) is 13.0 Å². The molecule has 0 saturated carbocycles. The van der Waals surface area contributed by atoms with E-state index in [0.29, 0.717) is 12.2 Å². The number of ether oxygens (including phenoxy) is 1. The number of rotatable bonds is 4. The van der Waals surface area contributed by atoms with Crippen molar-refractivity contribution in [1.82, 2.24) is 9.78 Å². The quantitative estimate of drug-likeness (QED) is 0.724. The summed E-state index contributed by atoms with van der Waals surface area (Å²) in [6.07, 6.45) is 3.07. The number of methoxy groups -OCH3 is 1.